The Hall–Kier alpha value is -7.16. The second-order valence-electron chi connectivity index (χ2n) is 11.0. The maximum Gasteiger partial charge on any atom is 0.145 e. The first-order chi connectivity index (χ1) is 41.4. The highest BCUT2D eigenvalue weighted by Crippen LogP contribution is 2.48. The molecule has 0 saturated carbocycles. The van der Waals surface area contributed by atoms with Crippen LogP contribution in [0.3, 0.4) is 0 Å². The summed E-state index contributed by atoms with van der Waals surface area (Å²) in [5.74, 6) is 0. The molecule has 0 aliphatic heterocycles. The van der Waals surface area contributed by atoms with Crippen LogP contribution in [0.1, 0.15) is 48.0 Å². The first kappa shape index (κ1) is 11.9. The lowest BCUT2D eigenvalue weighted by Gasteiger charge is -2.28. The molecule has 0 radical (unpaired) electrons. The van der Waals surface area contributed by atoms with Crippen LogP contribution >= 0.6 is 0 Å². The van der Waals surface area contributed by atoms with Gasteiger partial charge in [0.2, 0.25) is 0 Å². The molecule has 0 atom stereocenters. The number of benzene rings is 9. The molecule has 10 rings (SSSR count). The van der Waals surface area contributed by atoms with Crippen LogP contribution < -0.4 is 4.90 Å². The largest absolute Gasteiger partial charge is 0.455 e. The van der Waals surface area contributed by atoms with Gasteiger partial charge < -0.3 is 9.32 Å². The molecule has 0 amide bonds. The standard InChI is InChI=1S/C52H35NO/c1-5-15-36(16-6-1)39-25-28-44(29-26-39)53(45-34-42(37-17-7-2-8-18-37)33-43(35-45)38-19-9-3-10-20-38)49-32-31-47(40-21-11-4-12-22-40)52-50(49)48-30-27-41-23-13-14-24-46(41)51(48)54-52/h1-35H/i1D,2D,3D,4D,5D,6D,7D,8D,9D,10D,11D,12D,13D,14D,15D,16D,17D,18D,19D,20D,21D,22D,23D,24D,25D,26D,27D,28D,29D,30D,31D,32D,33D,34D,35D. The summed E-state index contributed by atoms with van der Waals surface area (Å²) < 4.78 is 324. The van der Waals surface area contributed by atoms with E-state index in [4.69, 9.17) is 37.3 Å². The minimum absolute atomic E-state index is 0.269. The zero-order valence-electron chi connectivity index (χ0n) is 61.9. The number of hydrogen-bond acceptors (Lipinski definition) is 2. The first-order valence-corrected chi connectivity index (χ1v) is 15.6. The molecule has 9 aromatic carbocycles. The first-order valence-electron chi connectivity index (χ1n) is 33.1. The zero-order chi connectivity index (χ0) is 66.3. The average molecular weight is 725 g/mol. The second kappa shape index (κ2) is 13.4. The van der Waals surface area contributed by atoms with Crippen LogP contribution in [0.25, 0.3) is 77.2 Å². The summed E-state index contributed by atoms with van der Waals surface area (Å²) in [5.41, 5.74) is -14.1. The molecule has 0 aliphatic rings. The van der Waals surface area contributed by atoms with Gasteiger partial charge >= 0.3 is 0 Å². The molecular weight excluding hydrogens is 655 g/mol. The molecule has 1 heterocycles. The van der Waals surface area contributed by atoms with Crippen LogP contribution in [-0.2, 0) is 0 Å². The highest BCUT2D eigenvalue weighted by molar-refractivity contribution is 6.22. The van der Waals surface area contributed by atoms with Gasteiger partial charge in [0, 0.05) is 27.7 Å². The molecule has 0 saturated heterocycles. The zero-order valence-corrected chi connectivity index (χ0v) is 26.9. The van der Waals surface area contributed by atoms with Gasteiger partial charge in [-0.15, -0.1) is 0 Å². The Morgan fingerprint density at radius 1 is 0.352 bits per heavy atom. The molecule has 2 nitrogen and oxygen atoms in total. The lowest BCUT2D eigenvalue weighted by atomic mass is 9.96. The lowest BCUT2D eigenvalue weighted by molar-refractivity contribution is 0.674. The predicted octanol–water partition coefficient (Wildman–Crippen LogP) is 14.9. The minimum atomic E-state index is -1.44. The van der Waals surface area contributed by atoms with Crippen molar-refractivity contribution >= 4 is 49.8 Å². The van der Waals surface area contributed by atoms with Crippen LogP contribution in [0.15, 0.2) is 216 Å². The van der Waals surface area contributed by atoms with Crippen LogP contribution in [0.5, 0.6) is 0 Å². The molecule has 0 unspecified atom stereocenters. The molecule has 1 aromatic heterocycles. The van der Waals surface area contributed by atoms with Crippen LogP contribution in [-0.4, -0.2) is 0 Å². The van der Waals surface area contributed by atoms with Crippen molar-refractivity contribution in [2.24, 2.45) is 0 Å². The van der Waals surface area contributed by atoms with Gasteiger partial charge in [0.1, 0.15) is 11.2 Å². The van der Waals surface area contributed by atoms with Gasteiger partial charge in [0.25, 0.3) is 0 Å². The number of fused-ring (bicyclic) bond motifs is 5. The fourth-order valence-electron chi connectivity index (χ4n) is 5.61. The highest BCUT2D eigenvalue weighted by atomic mass is 16.3. The van der Waals surface area contributed by atoms with E-state index in [1.165, 1.54) is 0 Å². The summed E-state index contributed by atoms with van der Waals surface area (Å²) in [6.45, 7) is 0. The summed E-state index contributed by atoms with van der Waals surface area (Å²) in [6, 6.07) is -40.0. The van der Waals surface area contributed by atoms with Crippen molar-refractivity contribution in [2.45, 2.75) is 0 Å². The normalized spacial score (nSPS) is 20.4. The van der Waals surface area contributed by atoms with E-state index in [9.17, 15) is 15.1 Å². The second-order valence-corrected chi connectivity index (χ2v) is 11.0. The van der Waals surface area contributed by atoms with E-state index in [2.05, 4.69) is 0 Å². The number of nitrogens with zero attached hydrogens (tertiary/aromatic N) is 1. The quantitative estimate of drug-likeness (QED) is 0.163. The van der Waals surface area contributed by atoms with E-state index in [0.717, 1.165) is 0 Å². The van der Waals surface area contributed by atoms with Crippen molar-refractivity contribution < 1.29 is 52.4 Å². The molecule has 2 heteroatoms. The average Bonchev–Trinajstić information content (AvgIpc) is 1.65. The fraction of sp³-hybridized carbons (Fsp3) is 0. The molecule has 0 bridgehead atoms. The van der Waals surface area contributed by atoms with Crippen LogP contribution in [0.2, 0.25) is 0 Å². The van der Waals surface area contributed by atoms with Crippen molar-refractivity contribution in [2.75, 3.05) is 4.90 Å². The molecule has 10 aromatic rings. The van der Waals surface area contributed by atoms with E-state index in [-0.39, 0.29) is 4.90 Å². The molecule has 0 N–H and O–H groups in total. The Labute approximate surface area is 364 Å². The summed E-state index contributed by atoms with van der Waals surface area (Å²) in [5, 5.41) is -3.24. The number of hydrogen-bond donors (Lipinski definition) is 0. The number of furan rings is 1. The maximum atomic E-state index is 10.2. The number of anilines is 3. The molecule has 0 spiro atoms. The van der Waals surface area contributed by atoms with E-state index < -0.39 is 306 Å². The van der Waals surface area contributed by atoms with Crippen molar-refractivity contribution in [3.63, 3.8) is 0 Å². The van der Waals surface area contributed by atoms with Gasteiger partial charge in [-0.1, -0.05) is 163 Å². The smallest absolute Gasteiger partial charge is 0.145 e. The molecular formula is C52H35NO. The molecule has 254 valence electrons. The maximum absolute atomic E-state index is 10.2. The Bertz CT molecular complexity index is 4730. The van der Waals surface area contributed by atoms with Crippen molar-refractivity contribution in [1.29, 1.82) is 0 Å². The van der Waals surface area contributed by atoms with E-state index in [1.807, 2.05) is 0 Å². The highest BCUT2D eigenvalue weighted by Gasteiger charge is 2.24. The van der Waals surface area contributed by atoms with Gasteiger partial charge in [-0.2, -0.15) is 0 Å². The summed E-state index contributed by atoms with van der Waals surface area (Å²) in [7, 11) is 0. The van der Waals surface area contributed by atoms with Crippen molar-refractivity contribution in [3.05, 3.63) is 211 Å². The van der Waals surface area contributed by atoms with Crippen molar-refractivity contribution in [1.82, 2.24) is 0 Å². The van der Waals surface area contributed by atoms with Gasteiger partial charge in [0.05, 0.1) is 59.1 Å². The van der Waals surface area contributed by atoms with E-state index in [1.54, 1.807) is 0 Å². The van der Waals surface area contributed by atoms with Gasteiger partial charge in [0.15, 0.2) is 0 Å². The Morgan fingerprint density at radius 3 is 1.48 bits per heavy atom. The topological polar surface area (TPSA) is 16.4 Å². The molecule has 54 heavy (non-hydrogen) atoms. The third-order valence-corrected chi connectivity index (χ3v) is 7.92. The summed E-state index contributed by atoms with van der Waals surface area (Å²) in [6.07, 6.45) is 0. The molecule has 0 aliphatic carbocycles. The number of rotatable bonds is 7. The van der Waals surface area contributed by atoms with Crippen LogP contribution in [0.4, 0.5) is 17.1 Å². The third kappa shape index (κ3) is 5.62. The molecule has 0 fully saturated rings. The van der Waals surface area contributed by atoms with Gasteiger partial charge in [-0.25, -0.2) is 0 Å². The summed E-state index contributed by atoms with van der Waals surface area (Å²) in [4.78, 5) is 0.269. The minimum Gasteiger partial charge on any atom is -0.455 e. The van der Waals surface area contributed by atoms with Crippen molar-refractivity contribution in [3.8, 4) is 44.5 Å². The summed E-state index contributed by atoms with van der Waals surface area (Å²) >= 11 is 0. The van der Waals surface area contributed by atoms with E-state index >= 15 is 0 Å². The Kier molecular flexibility index (Phi) is 2.97. The van der Waals surface area contributed by atoms with E-state index in [0.29, 0.717) is 0 Å². The fourth-order valence-corrected chi connectivity index (χ4v) is 5.61. The monoisotopic (exact) mass is 724 g/mol. The Balaban J connectivity index is 1.60. The van der Waals surface area contributed by atoms with Gasteiger partial charge in [-0.3, -0.25) is 0 Å². The lowest BCUT2D eigenvalue weighted by Crippen LogP contribution is -2.11. The SMILES string of the molecule is [2H]c1c([2H])c([2H])c(-c2c([2H])c([2H])c(N(c3c([2H])c(-c4c([2H])c([2H])c([2H])c([2H])c4[2H])c([2H])c(-c4c([2H])c([2H])c([2H])c([2H])c4[2H])c3[2H])c3c([2H])c([2H])c(-c4c([2H])c([2H])c([2H])c([2H])c4[2H])c4oc5c6c([2H])c([2H])c([2H])c([2H])c6c([2H])c([2H])c5c34)c([2H])c2[2H])c([2H])c1[2H]. The Morgan fingerprint density at radius 2 is 0.870 bits per heavy atom. The van der Waals surface area contributed by atoms with Gasteiger partial charge in [-0.05, 0) is 92.7 Å². The predicted molar refractivity (Wildman–Crippen MR) is 228 cm³/mol. The third-order valence-electron chi connectivity index (χ3n) is 7.92. The van der Waals surface area contributed by atoms with Crippen LogP contribution in [0, 0.1) is 0 Å².